The smallest absolute Gasteiger partial charge is 0.229 e. The van der Waals surface area contributed by atoms with E-state index in [1.165, 1.54) is 6.07 Å². The minimum atomic E-state index is -1.51. The molecule has 1 heterocycles. The van der Waals surface area contributed by atoms with E-state index in [0.29, 0.717) is 17.9 Å². The standard InChI is InChI=1S/C15H22O8/c1-2-21-10-4-3-9(5-8(10)6-16)22-15-14(20)13(19)12(18)11(7-17)23-15/h3-5,11-20H,2,6-7H2,1H3/t11-,12-,13+,14-,15-/m1/s1. The van der Waals surface area contributed by atoms with E-state index in [4.69, 9.17) is 19.3 Å². The van der Waals surface area contributed by atoms with Crippen molar-refractivity contribution in [2.75, 3.05) is 13.2 Å². The van der Waals surface area contributed by atoms with Crippen molar-refractivity contribution >= 4 is 0 Å². The van der Waals surface area contributed by atoms with E-state index < -0.39 is 37.3 Å². The molecule has 0 unspecified atom stereocenters. The third kappa shape index (κ3) is 3.92. The predicted octanol–water partition coefficient (Wildman–Crippen LogP) is -1.24. The maximum Gasteiger partial charge on any atom is 0.229 e. The second kappa shape index (κ2) is 7.91. The van der Waals surface area contributed by atoms with E-state index in [2.05, 4.69) is 0 Å². The lowest BCUT2D eigenvalue weighted by Gasteiger charge is -2.39. The minimum absolute atomic E-state index is 0.263. The average Bonchev–Trinajstić information content (AvgIpc) is 2.56. The highest BCUT2D eigenvalue weighted by Crippen LogP contribution is 2.28. The van der Waals surface area contributed by atoms with E-state index >= 15 is 0 Å². The molecular formula is C15H22O8. The summed E-state index contributed by atoms with van der Waals surface area (Å²) in [6.45, 7) is 1.47. The zero-order valence-corrected chi connectivity index (χ0v) is 12.7. The van der Waals surface area contributed by atoms with E-state index in [1.807, 2.05) is 6.92 Å². The number of hydrogen-bond donors (Lipinski definition) is 5. The van der Waals surface area contributed by atoms with Crippen LogP contribution in [0.1, 0.15) is 12.5 Å². The highest BCUT2D eigenvalue weighted by molar-refractivity contribution is 5.40. The fourth-order valence-electron chi connectivity index (χ4n) is 2.35. The molecule has 0 bridgehead atoms. The van der Waals surface area contributed by atoms with Gasteiger partial charge in [0.25, 0.3) is 0 Å². The highest BCUT2D eigenvalue weighted by atomic mass is 16.7. The van der Waals surface area contributed by atoms with Crippen LogP contribution in [0.5, 0.6) is 11.5 Å². The van der Waals surface area contributed by atoms with Gasteiger partial charge in [-0.3, -0.25) is 0 Å². The molecule has 1 saturated heterocycles. The summed E-state index contributed by atoms with van der Waals surface area (Å²) < 4.78 is 16.1. The van der Waals surface area contributed by atoms with Crippen LogP contribution < -0.4 is 9.47 Å². The number of ether oxygens (including phenoxy) is 3. The third-order valence-corrected chi connectivity index (χ3v) is 3.60. The quantitative estimate of drug-likeness (QED) is 0.438. The van der Waals surface area contributed by atoms with Gasteiger partial charge in [0.2, 0.25) is 6.29 Å². The van der Waals surface area contributed by atoms with Crippen LogP contribution in [-0.2, 0) is 11.3 Å². The maximum absolute atomic E-state index is 9.93. The molecular weight excluding hydrogens is 308 g/mol. The van der Waals surface area contributed by atoms with Gasteiger partial charge >= 0.3 is 0 Å². The second-order valence-electron chi connectivity index (χ2n) is 5.18. The van der Waals surface area contributed by atoms with Crippen LogP contribution in [0.15, 0.2) is 18.2 Å². The molecule has 2 rings (SSSR count). The number of hydrogen-bond acceptors (Lipinski definition) is 8. The van der Waals surface area contributed by atoms with Crippen molar-refractivity contribution in [1.82, 2.24) is 0 Å². The Morgan fingerprint density at radius 1 is 1.09 bits per heavy atom. The number of benzene rings is 1. The SMILES string of the molecule is CCOc1ccc(O[C@@H]2O[C@H](CO)[C@@H](O)[C@H](O)[C@H]2O)cc1CO. The van der Waals surface area contributed by atoms with Crippen LogP contribution in [0.25, 0.3) is 0 Å². The molecule has 0 aromatic heterocycles. The summed E-state index contributed by atoms with van der Waals surface area (Å²) in [5, 5.41) is 47.9. The Morgan fingerprint density at radius 2 is 1.83 bits per heavy atom. The molecule has 8 heteroatoms. The zero-order valence-electron chi connectivity index (χ0n) is 12.7. The largest absolute Gasteiger partial charge is 0.494 e. The fourth-order valence-corrected chi connectivity index (χ4v) is 2.35. The van der Waals surface area contributed by atoms with Gasteiger partial charge in [-0.2, -0.15) is 0 Å². The third-order valence-electron chi connectivity index (χ3n) is 3.60. The summed E-state index contributed by atoms with van der Waals surface area (Å²) in [6.07, 6.45) is -6.75. The van der Waals surface area contributed by atoms with Gasteiger partial charge in [0.15, 0.2) is 0 Å². The van der Waals surface area contributed by atoms with Crippen LogP contribution >= 0.6 is 0 Å². The first kappa shape index (κ1) is 17.9. The van der Waals surface area contributed by atoms with Crippen molar-refractivity contribution in [2.45, 2.75) is 44.2 Å². The van der Waals surface area contributed by atoms with Crippen molar-refractivity contribution < 1.29 is 39.7 Å². The summed E-state index contributed by atoms with van der Waals surface area (Å²) >= 11 is 0. The molecule has 0 aliphatic carbocycles. The van der Waals surface area contributed by atoms with Crippen molar-refractivity contribution in [1.29, 1.82) is 0 Å². The first-order chi connectivity index (χ1) is 11.0. The van der Waals surface area contributed by atoms with Gasteiger partial charge < -0.3 is 39.7 Å². The van der Waals surface area contributed by atoms with Crippen LogP contribution in [-0.4, -0.2) is 69.5 Å². The van der Waals surface area contributed by atoms with Crippen molar-refractivity contribution in [3.63, 3.8) is 0 Å². The van der Waals surface area contributed by atoms with Crippen molar-refractivity contribution in [3.05, 3.63) is 23.8 Å². The lowest BCUT2D eigenvalue weighted by atomic mass is 9.99. The Bertz CT molecular complexity index is 506. The molecule has 1 aliphatic heterocycles. The second-order valence-corrected chi connectivity index (χ2v) is 5.18. The highest BCUT2D eigenvalue weighted by Gasteiger charge is 2.44. The molecule has 0 radical (unpaired) electrons. The van der Waals surface area contributed by atoms with Crippen LogP contribution in [0, 0.1) is 0 Å². The Balaban J connectivity index is 2.14. The lowest BCUT2D eigenvalue weighted by Crippen LogP contribution is -2.60. The van der Waals surface area contributed by atoms with E-state index in [-0.39, 0.29) is 12.4 Å². The van der Waals surface area contributed by atoms with E-state index in [9.17, 15) is 20.4 Å². The van der Waals surface area contributed by atoms with Gasteiger partial charge in [-0.25, -0.2) is 0 Å². The molecule has 130 valence electrons. The van der Waals surface area contributed by atoms with E-state index in [0.717, 1.165) is 0 Å². The molecule has 5 N–H and O–H groups in total. The van der Waals surface area contributed by atoms with Gasteiger partial charge in [-0.15, -0.1) is 0 Å². The van der Waals surface area contributed by atoms with Gasteiger partial charge in [0, 0.05) is 5.56 Å². The van der Waals surface area contributed by atoms with Crippen LogP contribution in [0.4, 0.5) is 0 Å². The molecule has 1 aliphatic rings. The molecule has 1 fully saturated rings. The first-order valence-electron chi connectivity index (χ1n) is 7.35. The summed E-state index contributed by atoms with van der Waals surface area (Å²) in [6, 6.07) is 4.69. The van der Waals surface area contributed by atoms with E-state index in [1.54, 1.807) is 12.1 Å². The molecule has 0 saturated carbocycles. The zero-order chi connectivity index (χ0) is 17.0. The summed E-state index contributed by atoms with van der Waals surface area (Å²) in [7, 11) is 0. The van der Waals surface area contributed by atoms with Gasteiger partial charge in [-0.1, -0.05) is 0 Å². The molecule has 1 aromatic rings. The molecule has 0 spiro atoms. The topological polar surface area (TPSA) is 129 Å². The van der Waals surface area contributed by atoms with Crippen molar-refractivity contribution in [3.8, 4) is 11.5 Å². The minimum Gasteiger partial charge on any atom is -0.494 e. The van der Waals surface area contributed by atoms with Gasteiger partial charge in [0.05, 0.1) is 19.8 Å². The predicted molar refractivity (Wildman–Crippen MR) is 77.9 cm³/mol. The lowest BCUT2D eigenvalue weighted by molar-refractivity contribution is -0.277. The fraction of sp³-hybridized carbons (Fsp3) is 0.600. The monoisotopic (exact) mass is 330 g/mol. The molecule has 0 amide bonds. The average molecular weight is 330 g/mol. The van der Waals surface area contributed by atoms with Gasteiger partial charge in [-0.05, 0) is 25.1 Å². The normalized spacial score (nSPS) is 31.0. The molecule has 8 nitrogen and oxygen atoms in total. The van der Waals surface area contributed by atoms with Gasteiger partial charge in [0.1, 0.15) is 35.9 Å². The first-order valence-corrected chi connectivity index (χ1v) is 7.35. The maximum atomic E-state index is 9.93. The van der Waals surface area contributed by atoms with Crippen LogP contribution in [0.3, 0.4) is 0 Å². The summed E-state index contributed by atoms with van der Waals surface area (Å²) in [5.74, 6) is 0.790. The number of rotatable bonds is 6. The number of aliphatic hydroxyl groups excluding tert-OH is 5. The molecule has 23 heavy (non-hydrogen) atoms. The summed E-state index contributed by atoms with van der Waals surface area (Å²) in [4.78, 5) is 0. The van der Waals surface area contributed by atoms with Crippen molar-refractivity contribution in [2.24, 2.45) is 0 Å². The molecule has 1 aromatic carbocycles. The Morgan fingerprint density at radius 3 is 2.43 bits per heavy atom. The molecule has 5 atom stereocenters. The number of aliphatic hydroxyl groups is 5. The van der Waals surface area contributed by atoms with Crippen LogP contribution in [0.2, 0.25) is 0 Å². The summed E-state index contributed by atoms with van der Waals surface area (Å²) in [5.41, 5.74) is 0.494. The Kier molecular flexibility index (Phi) is 6.17. The Hall–Kier alpha value is -1.42. The Labute approximate surface area is 133 Å².